The molecule has 0 spiro atoms. The predicted octanol–water partition coefficient (Wildman–Crippen LogP) is 2.23. The highest BCUT2D eigenvalue weighted by atomic mass is 16.5. The first-order valence-electron chi connectivity index (χ1n) is 5.69. The topological polar surface area (TPSA) is 88.1 Å². The molecule has 0 bridgehead atoms. The van der Waals surface area contributed by atoms with Crippen molar-refractivity contribution in [1.82, 2.24) is 4.98 Å². The zero-order valence-corrected chi connectivity index (χ0v) is 10.7. The third kappa shape index (κ3) is 3.23. The summed E-state index contributed by atoms with van der Waals surface area (Å²) in [5.74, 6) is 0.343. The second kappa shape index (κ2) is 6.20. The van der Waals surface area contributed by atoms with Crippen molar-refractivity contribution < 1.29 is 13.9 Å². The van der Waals surface area contributed by atoms with Crippen molar-refractivity contribution in [3.05, 3.63) is 48.1 Å². The first-order chi connectivity index (χ1) is 9.72. The van der Waals surface area contributed by atoms with Crippen molar-refractivity contribution in [3.63, 3.8) is 0 Å². The number of aromatic nitrogens is 1. The normalized spacial score (nSPS) is 10.7. The van der Waals surface area contributed by atoms with E-state index in [1.807, 2.05) is 6.07 Å². The molecular weight excluding hydrogens is 258 g/mol. The Labute approximate surface area is 115 Å². The van der Waals surface area contributed by atoms with Crippen molar-refractivity contribution in [2.45, 2.75) is 0 Å². The van der Waals surface area contributed by atoms with Gasteiger partial charge in [-0.15, -0.1) is 0 Å². The van der Waals surface area contributed by atoms with Gasteiger partial charge >= 0.3 is 0 Å². The summed E-state index contributed by atoms with van der Waals surface area (Å²) >= 11 is 0. The molecule has 0 aliphatic rings. The van der Waals surface area contributed by atoms with Crippen molar-refractivity contribution in [1.29, 1.82) is 5.26 Å². The molecule has 2 heterocycles. The Bertz CT molecular complexity index is 652. The molecule has 2 aromatic rings. The van der Waals surface area contributed by atoms with E-state index in [-0.39, 0.29) is 5.57 Å². The van der Waals surface area contributed by atoms with Gasteiger partial charge in [-0.1, -0.05) is 0 Å². The van der Waals surface area contributed by atoms with Crippen molar-refractivity contribution in [2.75, 3.05) is 12.4 Å². The van der Waals surface area contributed by atoms with Gasteiger partial charge in [-0.25, -0.2) is 4.98 Å². The molecule has 1 N–H and O–H groups in total. The smallest absolute Gasteiger partial charge is 0.266 e. The van der Waals surface area contributed by atoms with Gasteiger partial charge in [0.05, 0.1) is 25.3 Å². The Morgan fingerprint density at radius 1 is 1.50 bits per heavy atom. The van der Waals surface area contributed by atoms with Crippen LogP contribution >= 0.6 is 0 Å². The highest BCUT2D eigenvalue weighted by Gasteiger charge is 2.10. The van der Waals surface area contributed by atoms with Gasteiger partial charge in [0, 0.05) is 12.1 Å². The second-order valence-corrected chi connectivity index (χ2v) is 3.73. The minimum atomic E-state index is -0.532. The zero-order chi connectivity index (χ0) is 14.4. The number of ether oxygens (including phenoxy) is 1. The number of nitrogens with zero attached hydrogens (tertiary/aromatic N) is 2. The summed E-state index contributed by atoms with van der Waals surface area (Å²) in [5.41, 5.74) is 0.409. The summed E-state index contributed by atoms with van der Waals surface area (Å²) < 4.78 is 9.97. The molecule has 6 heteroatoms. The van der Waals surface area contributed by atoms with Crippen LogP contribution in [0.1, 0.15) is 5.76 Å². The van der Waals surface area contributed by atoms with Crippen LogP contribution in [0.2, 0.25) is 0 Å². The number of nitriles is 1. The van der Waals surface area contributed by atoms with Gasteiger partial charge in [-0.3, -0.25) is 4.79 Å². The van der Waals surface area contributed by atoms with Gasteiger partial charge in [0.1, 0.15) is 17.4 Å². The van der Waals surface area contributed by atoms with E-state index in [0.29, 0.717) is 17.3 Å². The van der Waals surface area contributed by atoms with E-state index in [0.717, 1.165) is 0 Å². The summed E-state index contributed by atoms with van der Waals surface area (Å²) in [4.78, 5) is 15.9. The molecule has 0 unspecified atom stereocenters. The summed E-state index contributed by atoms with van der Waals surface area (Å²) in [5, 5.41) is 11.6. The van der Waals surface area contributed by atoms with Gasteiger partial charge < -0.3 is 14.5 Å². The van der Waals surface area contributed by atoms with Crippen LogP contribution in [0.3, 0.4) is 0 Å². The molecule has 0 aliphatic carbocycles. The average Bonchev–Trinajstić information content (AvgIpc) is 2.98. The molecule has 0 saturated heterocycles. The number of anilines is 1. The summed E-state index contributed by atoms with van der Waals surface area (Å²) in [7, 11) is 1.50. The maximum Gasteiger partial charge on any atom is 0.266 e. The Balaban J connectivity index is 2.11. The van der Waals surface area contributed by atoms with Crippen LogP contribution in [0.15, 0.2) is 46.7 Å². The van der Waals surface area contributed by atoms with Gasteiger partial charge in [-0.2, -0.15) is 5.26 Å². The Morgan fingerprint density at radius 2 is 2.35 bits per heavy atom. The third-order valence-corrected chi connectivity index (χ3v) is 2.40. The van der Waals surface area contributed by atoms with Crippen LogP contribution in [0.25, 0.3) is 6.08 Å². The van der Waals surface area contributed by atoms with Crippen LogP contribution in [-0.2, 0) is 4.79 Å². The molecule has 2 aromatic heterocycles. The SMILES string of the molecule is COc1ccc(NC(=O)/C(C#N)=C\c2ccco2)cn1. The van der Waals surface area contributed by atoms with E-state index in [9.17, 15) is 4.79 Å². The molecule has 0 atom stereocenters. The summed E-state index contributed by atoms with van der Waals surface area (Å²) in [6, 6.07) is 8.39. The van der Waals surface area contributed by atoms with Crippen LogP contribution in [0.5, 0.6) is 5.88 Å². The predicted molar refractivity (Wildman–Crippen MR) is 71.7 cm³/mol. The zero-order valence-electron chi connectivity index (χ0n) is 10.7. The van der Waals surface area contributed by atoms with Gasteiger partial charge in [0.25, 0.3) is 5.91 Å². The highest BCUT2D eigenvalue weighted by Crippen LogP contribution is 2.13. The third-order valence-electron chi connectivity index (χ3n) is 2.40. The van der Waals surface area contributed by atoms with E-state index in [1.165, 1.54) is 25.6 Å². The molecular formula is C14H11N3O3. The number of methoxy groups -OCH3 is 1. The second-order valence-electron chi connectivity index (χ2n) is 3.73. The van der Waals surface area contributed by atoms with Crippen molar-refractivity contribution in [2.24, 2.45) is 0 Å². The van der Waals surface area contributed by atoms with E-state index >= 15 is 0 Å². The monoisotopic (exact) mass is 269 g/mol. The quantitative estimate of drug-likeness (QED) is 0.679. The molecule has 0 radical (unpaired) electrons. The number of hydrogen-bond acceptors (Lipinski definition) is 5. The van der Waals surface area contributed by atoms with Gasteiger partial charge in [0.15, 0.2) is 0 Å². The van der Waals surface area contributed by atoms with E-state index in [2.05, 4.69) is 10.3 Å². The lowest BCUT2D eigenvalue weighted by Crippen LogP contribution is -2.13. The molecule has 6 nitrogen and oxygen atoms in total. The Hall–Kier alpha value is -3.07. The molecule has 20 heavy (non-hydrogen) atoms. The minimum absolute atomic E-state index is 0.0595. The van der Waals surface area contributed by atoms with E-state index in [1.54, 1.807) is 24.3 Å². The highest BCUT2D eigenvalue weighted by molar-refractivity contribution is 6.09. The van der Waals surface area contributed by atoms with Crippen molar-refractivity contribution in [3.8, 4) is 11.9 Å². The number of pyridine rings is 1. The number of hydrogen-bond donors (Lipinski definition) is 1. The maximum absolute atomic E-state index is 11.9. The van der Waals surface area contributed by atoms with Crippen LogP contribution in [0, 0.1) is 11.3 Å². The molecule has 0 fully saturated rings. The summed E-state index contributed by atoms with van der Waals surface area (Å²) in [6.45, 7) is 0. The molecule has 100 valence electrons. The lowest BCUT2D eigenvalue weighted by molar-refractivity contribution is -0.112. The van der Waals surface area contributed by atoms with Crippen LogP contribution in [0.4, 0.5) is 5.69 Å². The molecule has 0 aromatic carbocycles. The number of amides is 1. The number of nitrogens with one attached hydrogen (secondary N) is 1. The molecule has 0 aliphatic heterocycles. The number of rotatable bonds is 4. The number of carbonyl (C=O) groups is 1. The molecule has 0 saturated carbocycles. The lowest BCUT2D eigenvalue weighted by atomic mass is 10.2. The Kier molecular flexibility index (Phi) is 4.14. The van der Waals surface area contributed by atoms with E-state index in [4.69, 9.17) is 14.4 Å². The van der Waals surface area contributed by atoms with Crippen LogP contribution in [-0.4, -0.2) is 18.0 Å². The van der Waals surface area contributed by atoms with Gasteiger partial charge in [-0.05, 0) is 18.2 Å². The number of furan rings is 1. The van der Waals surface area contributed by atoms with Gasteiger partial charge in [0.2, 0.25) is 5.88 Å². The standard InChI is InChI=1S/C14H11N3O3/c1-19-13-5-4-11(9-16-13)17-14(18)10(8-15)7-12-3-2-6-20-12/h2-7,9H,1H3,(H,17,18)/b10-7-. The number of carbonyl (C=O) groups excluding carboxylic acids is 1. The lowest BCUT2D eigenvalue weighted by Gasteiger charge is -2.04. The molecule has 2 rings (SSSR count). The molecule has 1 amide bonds. The average molecular weight is 269 g/mol. The summed E-state index contributed by atoms with van der Waals surface area (Å²) in [6.07, 6.45) is 4.27. The fraction of sp³-hybridized carbons (Fsp3) is 0.0714. The Morgan fingerprint density at radius 3 is 2.90 bits per heavy atom. The largest absolute Gasteiger partial charge is 0.481 e. The fourth-order valence-electron chi connectivity index (χ4n) is 1.44. The fourth-order valence-corrected chi connectivity index (χ4v) is 1.44. The van der Waals surface area contributed by atoms with Crippen LogP contribution < -0.4 is 10.1 Å². The van der Waals surface area contributed by atoms with Crippen molar-refractivity contribution >= 4 is 17.7 Å². The maximum atomic E-state index is 11.9. The minimum Gasteiger partial charge on any atom is -0.481 e. The first kappa shape index (κ1) is 13.4. The first-order valence-corrected chi connectivity index (χ1v) is 5.69. The van der Waals surface area contributed by atoms with E-state index < -0.39 is 5.91 Å².